The second-order valence-electron chi connectivity index (χ2n) is 4.50. The van der Waals surface area contributed by atoms with E-state index in [4.69, 9.17) is 4.74 Å². The monoisotopic (exact) mass is 282 g/mol. The molecule has 1 aromatic rings. The third kappa shape index (κ3) is 3.33. The molecule has 0 unspecified atom stereocenters. The van der Waals surface area contributed by atoms with Gasteiger partial charge in [-0.15, -0.1) is 11.3 Å². The molecule has 104 valence electrons. The van der Waals surface area contributed by atoms with Crippen LogP contribution in [0.4, 0.5) is 0 Å². The summed E-state index contributed by atoms with van der Waals surface area (Å²) in [5.41, 5.74) is 1.10. The van der Waals surface area contributed by atoms with Gasteiger partial charge in [0.2, 0.25) is 5.91 Å². The molecular weight excluding hydrogens is 264 g/mol. The van der Waals surface area contributed by atoms with Crippen LogP contribution in [-0.4, -0.2) is 43.5 Å². The number of carbonyl (C=O) groups is 2. The van der Waals surface area contributed by atoms with E-state index in [-0.39, 0.29) is 11.8 Å². The van der Waals surface area contributed by atoms with Crippen LogP contribution < -0.4 is 5.32 Å². The first-order chi connectivity index (χ1) is 9.11. The molecule has 2 heterocycles. The van der Waals surface area contributed by atoms with Crippen LogP contribution >= 0.6 is 11.3 Å². The van der Waals surface area contributed by atoms with Crippen molar-refractivity contribution in [3.05, 3.63) is 21.4 Å². The van der Waals surface area contributed by atoms with Gasteiger partial charge in [0.15, 0.2) is 0 Å². The number of amides is 2. The van der Waals surface area contributed by atoms with Crippen LogP contribution in [0.3, 0.4) is 0 Å². The van der Waals surface area contributed by atoms with Crippen molar-refractivity contribution in [1.82, 2.24) is 10.2 Å². The van der Waals surface area contributed by atoms with Gasteiger partial charge in [0.05, 0.1) is 11.5 Å². The van der Waals surface area contributed by atoms with E-state index >= 15 is 0 Å². The van der Waals surface area contributed by atoms with Crippen molar-refractivity contribution in [2.75, 3.05) is 26.8 Å². The fourth-order valence-corrected chi connectivity index (χ4v) is 3.15. The lowest BCUT2D eigenvalue weighted by Gasteiger charge is -2.25. The van der Waals surface area contributed by atoms with Crippen LogP contribution in [0.1, 0.15) is 27.0 Å². The number of ether oxygens (including phenoxy) is 1. The van der Waals surface area contributed by atoms with Crippen LogP contribution in [0.15, 0.2) is 6.07 Å². The second kappa shape index (κ2) is 6.16. The lowest BCUT2D eigenvalue weighted by Crippen LogP contribution is -2.33. The summed E-state index contributed by atoms with van der Waals surface area (Å²) in [6.45, 7) is 3.96. The van der Waals surface area contributed by atoms with Crippen molar-refractivity contribution >= 4 is 23.2 Å². The second-order valence-corrected chi connectivity index (χ2v) is 5.64. The summed E-state index contributed by atoms with van der Waals surface area (Å²) in [5, 5.41) is 2.81. The third-order valence-corrected chi connectivity index (χ3v) is 4.36. The lowest BCUT2D eigenvalue weighted by molar-refractivity contribution is -0.129. The minimum absolute atomic E-state index is 0.0641. The number of hydrogen-bond acceptors (Lipinski definition) is 4. The predicted octanol–water partition coefficient (Wildman–Crippen LogP) is 1.03. The Morgan fingerprint density at radius 1 is 1.53 bits per heavy atom. The zero-order valence-corrected chi connectivity index (χ0v) is 12.0. The highest BCUT2D eigenvalue weighted by atomic mass is 32.1. The maximum atomic E-state index is 11.9. The van der Waals surface area contributed by atoms with Crippen LogP contribution in [0.2, 0.25) is 0 Å². The molecule has 1 aliphatic heterocycles. The third-order valence-electron chi connectivity index (χ3n) is 3.13. The molecule has 0 aromatic carbocycles. The Morgan fingerprint density at radius 2 is 2.32 bits per heavy atom. The zero-order valence-electron chi connectivity index (χ0n) is 11.2. The predicted molar refractivity (Wildman–Crippen MR) is 73.3 cm³/mol. The van der Waals surface area contributed by atoms with Gasteiger partial charge >= 0.3 is 0 Å². The molecule has 0 saturated carbocycles. The molecule has 6 heteroatoms. The number of rotatable bonds is 4. The largest absolute Gasteiger partial charge is 0.383 e. The number of fused-ring (bicyclic) bond motifs is 1. The van der Waals surface area contributed by atoms with E-state index in [0.717, 1.165) is 18.5 Å². The van der Waals surface area contributed by atoms with Gasteiger partial charge in [-0.1, -0.05) is 0 Å². The number of hydrogen-bond donors (Lipinski definition) is 1. The van der Waals surface area contributed by atoms with Crippen molar-refractivity contribution in [1.29, 1.82) is 0 Å². The number of carbonyl (C=O) groups excluding carboxylic acids is 2. The summed E-state index contributed by atoms with van der Waals surface area (Å²) in [6, 6.07) is 1.90. The van der Waals surface area contributed by atoms with Gasteiger partial charge < -0.3 is 15.0 Å². The van der Waals surface area contributed by atoms with Gasteiger partial charge in [0.1, 0.15) is 0 Å². The van der Waals surface area contributed by atoms with Crippen LogP contribution in [0, 0.1) is 0 Å². The smallest absolute Gasteiger partial charge is 0.261 e. The Morgan fingerprint density at radius 3 is 3.00 bits per heavy atom. The fourth-order valence-electron chi connectivity index (χ4n) is 2.07. The number of methoxy groups -OCH3 is 1. The summed E-state index contributed by atoms with van der Waals surface area (Å²) in [7, 11) is 1.60. The number of thiophene rings is 1. The first-order valence-corrected chi connectivity index (χ1v) is 7.07. The lowest BCUT2D eigenvalue weighted by atomic mass is 10.1. The number of nitrogens with zero attached hydrogens (tertiary/aromatic N) is 1. The first kappa shape index (κ1) is 14.0. The van der Waals surface area contributed by atoms with E-state index in [2.05, 4.69) is 5.32 Å². The van der Waals surface area contributed by atoms with Crippen molar-refractivity contribution in [2.24, 2.45) is 0 Å². The molecule has 19 heavy (non-hydrogen) atoms. The maximum Gasteiger partial charge on any atom is 0.261 e. The highest BCUT2D eigenvalue weighted by Crippen LogP contribution is 2.28. The van der Waals surface area contributed by atoms with Crippen molar-refractivity contribution in [3.63, 3.8) is 0 Å². The molecule has 0 fully saturated rings. The summed E-state index contributed by atoms with van der Waals surface area (Å²) < 4.78 is 4.89. The van der Waals surface area contributed by atoms with Crippen LogP contribution in [0.25, 0.3) is 0 Å². The van der Waals surface area contributed by atoms with E-state index in [9.17, 15) is 9.59 Å². The Labute approximate surface area is 116 Å². The molecule has 0 spiro atoms. The Hall–Kier alpha value is -1.40. The summed E-state index contributed by atoms with van der Waals surface area (Å²) >= 11 is 1.52. The molecule has 1 aromatic heterocycles. The molecular formula is C13H18N2O3S. The Bertz CT molecular complexity index is 484. The SMILES string of the molecule is COCCNC(=O)c1cc2c(s1)CCN(C(C)=O)C2. The highest BCUT2D eigenvalue weighted by molar-refractivity contribution is 7.14. The number of nitrogens with one attached hydrogen (secondary N) is 1. The molecule has 2 amide bonds. The molecule has 0 radical (unpaired) electrons. The minimum atomic E-state index is -0.0641. The minimum Gasteiger partial charge on any atom is -0.383 e. The molecule has 0 bridgehead atoms. The van der Waals surface area contributed by atoms with Gasteiger partial charge in [-0.3, -0.25) is 9.59 Å². The molecule has 1 aliphatic rings. The average Bonchev–Trinajstić information content (AvgIpc) is 2.81. The molecule has 2 rings (SSSR count). The zero-order chi connectivity index (χ0) is 13.8. The summed E-state index contributed by atoms with van der Waals surface area (Å²) in [6.07, 6.45) is 0.838. The maximum absolute atomic E-state index is 11.9. The summed E-state index contributed by atoms with van der Waals surface area (Å²) in [5.74, 6) is 0.0220. The van der Waals surface area contributed by atoms with Gasteiger partial charge in [0, 0.05) is 38.5 Å². The van der Waals surface area contributed by atoms with Gasteiger partial charge in [-0.2, -0.15) is 0 Å². The standard InChI is InChI=1S/C13H18N2O3S/c1-9(16)15-5-3-11-10(8-15)7-12(19-11)13(17)14-4-6-18-2/h7H,3-6,8H2,1-2H3,(H,14,17). The fraction of sp³-hybridized carbons (Fsp3) is 0.538. The Kier molecular flexibility index (Phi) is 4.55. The Balaban J connectivity index is 2.02. The first-order valence-electron chi connectivity index (χ1n) is 6.26. The van der Waals surface area contributed by atoms with Gasteiger partial charge in [-0.25, -0.2) is 0 Å². The summed E-state index contributed by atoms with van der Waals surface area (Å²) in [4.78, 5) is 27.0. The van der Waals surface area contributed by atoms with Crippen LogP contribution in [-0.2, 0) is 22.5 Å². The van der Waals surface area contributed by atoms with E-state index in [1.54, 1.807) is 14.0 Å². The molecule has 1 N–H and O–H groups in total. The van der Waals surface area contributed by atoms with Crippen molar-refractivity contribution < 1.29 is 14.3 Å². The van der Waals surface area contributed by atoms with Gasteiger partial charge in [0.25, 0.3) is 5.91 Å². The average molecular weight is 282 g/mol. The molecule has 5 nitrogen and oxygen atoms in total. The molecule has 0 aliphatic carbocycles. The van der Waals surface area contributed by atoms with Crippen LogP contribution in [0.5, 0.6) is 0 Å². The molecule has 0 saturated heterocycles. The highest BCUT2D eigenvalue weighted by Gasteiger charge is 2.22. The van der Waals surface area contributed by atoms with E-state index in [1.807, 2.05) is 11.0 Å². The van der Waals surface area contributed by atoms with Crippen molar-refractivity contribution in [3.8, 4) is 0 Å². The topological polar surface area (TPSA) is 58.6 Å². The quantitative estimate of drug-likeness (QED) is 0.839. The van der Waals surface area contributed by atoms with Gasteiger partial charge in [-0.05, 0) is 18.1 Å². The van der Waals surface area contributed by atoms with Crippen molar-refractivity contribution in [2.45, 2.75) is 19.9 Å². The normalized spacial score (nSPS) is 14.1. The molecule has 0 atom stereocenters. The van der Waals surface area contributed by atoms with E-state index in [0.29, 0.717) is 24.6 Å². The van der Waals surface area contributed by atoms with E-state index < -0.39 is 0 Å². The van der Waals surface area contributed by atoms with E-state index in [1.165, 1.54) is 16.2 Å².